The molecule has 25 heavy (non-hydrogen) atoms. The predicted molar refractivity (Wildman–Crippen MR) is 99.2 cm³/mol. The highest BCUT2D eigenvalue weighted by Crippen LogP contribution is 2.36. The van der Waals surface area contributed by atoms with Gasteiger partial charge in [-0.15, -0.1) is 11.3 Å². The molecule has 1 aliphatic rings. The minimum absolute atomic E-state index is 0.169. The van der Waals surface area contributed by atoms with Crippen molar-refractivity contribution in [1.82, 2.24) is 4.98 Å². The van der Waals surface area contributed by atoms with Gasteiger partial charge in [0.1, 0.15) is 5.75 Å². The van der Waals surface area contributed by atoms with Crippen molar-refractivity contribution in [1.29, 1.82) is 0 Å². The summed E-state index contributed by atoms with van der Waals surface area (Å²) in [4.78, 5) is 4.65. The molecule has 0 aliphatic carbocycles. The summed E-state index contributed by atoms with van der Waals surface area (Å²) in [6.07, 6.45) is 0.169. The summed E-state index contributed by atoms with van der Waals surface area (Å²) in [7, 11) is 0. The standard InChI is InChI=1S/C19H18N2O3S/c1-12(2)24-15-6-3-13(4-7-15)16-10-25-19(21-16)20-14-5-8-17-18(9-14)23-11-22-17/h3-10,12H,11H2,1-2H3,(H,20,21). The first kappa shape index (κ1) is 15.8. The number of anilines is 2. The highest BCUT2D eigenvalue weighted by molar-refractivity contribution is 7.14. The Labute approximate surface area is 150 Å². The second kappa shape index (κ2) is 6.64. The molecule has 1 N–H and O–H groups in total. The van der Waals surface area contributed by atoms with Crippen molar-refractivity contribution in [3.05, 3.63) is 47.8 Å². The van der Waals surface area contributed by atoms with Gasteiger partial charge in [0, 0.05) is 22.7 Å². The first-order chi connectivity index (χ1) is 12.2. The van der Waals surface area contributed by atoms with Crippen molar-refractivity contribution in [3.8, 4) is 28.5 Å². The number of hydrogen-bond donors (Lipinski definition) is 1. The Morgan fingerprint density at radius 2 is 1.88 bits per heavy atom. The van der Waals surface area contributed by atoms with E-state index in [-0.39, 0.29) is 12.9 Å². The Balaban J connectivity index is 1.48. The van der Waals surface area contributed by atoms with Crippen LogP contribution < -0.4 is 19.5 Å². The van der Waals surface area contributed by atoms with Crippen LogP contribution in [0.2, 0.25) is 0 Å². The van der Waals surface area contributed by atoms with Crippen LogP contribution in [0.1, 0.15) is 13.8 Å². The second-order valence-electron chi connectivity index (χ2n) is 5.92. The zero-order valence-corrected chi connectivity index (χ0v) is 14.8. The Hall–Kier alpha value is -2.73. The molecule has 1 aromatic heterocycles. The lowest BCUT2D eigenvalue weighted by Gasteiger charge is -2.09. The summed E-state index contributed by atoms with van der Waals surface area (Å²) in [5.74, 6) is 2.39. The number of benzene rings is 2. The van der Waals surface area contributed by atoms with Crippen LogP contribution >= 0.6 is 11.3 Å². The van der Waals surface area contributed by atoms with Crippen LogP contribution in [-0.2, 0) is 0 Å². The van der Waals surface area contributed by atoms with Gasteiger partial charge < -0.3 is 19.5 Å². The number of ether oxygens (including phenoxy) is 3. The monoisotopic (exact) mass is 354 g/mol. The molecule has 0 saturated carbocycles. The number of rotatable bonds is 5. The smallest absolute Gasteiger partial charge is 0.231 e. The van der Waals surface area contributed by atoms with Crippen LogP contribution in [0.5, 0.6) is 17.2 Å². The van der Waals surface area contributed by atoms with E-state index < -0.39 is 0 Å². The minimum atomic E-state index is 0.169. The van der Waals surface area contributed by atoms with Crippen LogP contribution in [-0.4, -0.2) is 17.9 Å². The highest BCUT2D eigenvalue weighted by atomic mass is 32.1. The average Bonchev–Trinajstić information content (AvgIpc) is 3.24. The third-order valence-electron chi connectivity index (χ3n) is 3.65. The Morgan fingerprint density at radius 1 is 1.08 bits per heavy atom. The van der Waals surface area contributed by atoms with E-state index >= 15 is 0 Å². The number of aromatic nitrogens is 1. The molecule has 0 fully saturated rings. The third kappa shape index (κ3) is 3.53. The van der Waals surface area contributed by atoms with Crippen LogP contribution in [0, 0.1) is 0 Å². The van der Waals surface area contributed by atoms with E-state index in [0.29, 0.717) is 0 Å². The molecule has 1 aliphatic heterocycles. The van der Waals surface area contributed by atoms with Crippen molar-refractivity contribution in [2.45, 2.75) is 20.0 Å². The fourth-order valence-corrected chi connectivity index (χ4v) is 3.28. The Kier molecular flexibility index (Phi) is 4.19. The number of nitrogens with one attached hydrogen (secondary N) is 1. The molecule has 2 heterocycles. The highest BCUT2D eigenvalue weighted by Gasteiger charge is 2.14. The van der Waals surface area contributed by atoms with Gasteiger partial charge in [-0.25, -0.2) is 4.98 Å². The van der Waals surface area contributed by atoms with Gasteiger partial charge in [0.05, 0.1) is 11.8 Å². The number of fused-ring (bicyclic) bond motifs is 1. The third-order valence-corrected chi connectivity index (χ3v) is 4.41. The number of nitrogens with zero attached hydrogens (tertiary/aromatic N) is 1. The lowest BCUT2D eigenvalue weighted by Crippen LogP contribution is -2.05. The van der Waals surface area contributed by atoms with E-state index in [9.17, 15) is 0 Å². The first-order valence-corrected chi connectivity index (χ1v) is 8.94. The second-order valence-corrected chi connectivity index (χ2v) is 6.78. The summed E-state index contributed by atoms with van der Waals surface area (Å²) in [6.45, 7) is 4.31. The molecule has 6 heteroatoms. The molecule has 5 nitrogen and oxygen atoms in total. The number of hydrogen-bond acceptors (Lipinski definition) is 6. The van der Waals surface area contributed by atoms with Gasteiger partial charge in [-0.2, -0.15) is 0 Å². The first-order valence-electron chi connectivity index (χ1n) is 8.07. The summed E-state index contributed by atoms with van der Waals surface area (Å²) in [5.41, 5.74) is 2.92. The molecule has 0 saturated heterocycles. The van der Waals surface area contributed by atoms with Gasteiger partial charge >= 0.3 is 0 Å². The van der Waals surface area contributed by atoms with E-state index in [0.717, 1.165) is 39.3 Å². The van der Waals surface area contributed by atoms with Crippen molar-refractivity contribution in [3.63, 3.8) is 0 Å². The molecule has 0 bridgehead atoms. The van der Waals surface area contributed by atoms with E-state index in [4.69, 9.17) is 14.2 Å². The molecule has 4 rings (SSSR count). The average molecular weight is 354 g/mol. The van der Waals surface area contributed by atoms with E-state index in [1.54, 1.807) is 11.3 Å². The van der Waals surface area contributed by atoms with Crippen LogP contribution in [0.4, 0.5) is 10.8 Å². The van der Waals surface area contributed by atoms with E-state index in [2.05, 4.69) is 10.3 Å². The Bertz CT molecular complexity index is 875. The largest absolute Gasteiger partial charge is 0.491 e. The minimum Gasteiger partial charge on any atom is -0.491 e. The van der Waals surface area contributed by atoms with E-state index in [1.807, 2.05) is 61.7 Å². The molecule has 0 amide bonds. The van der Waals surface area contributed by atoms with Crippen LogP contribution in [0.3, 0.4) is 0 Å². The zero-order chi connectivity index (χ0) is 17.2. The zero-order valence-electron chi connectivity index (χ0n) is 14.0. The summed E-state index contributed by atoms with van der Waals surface area (Å²) < 4.78 is 16.4. The van der Waals surface area contributed by atoms with Gasteiger partial charge in [0.25, 0.3) is 0 Å². The van der Waals surface area contributed by atoms with Gasteiger partial charge in [0.2, 0.25) is 6.79 Å². The lowest BCUT2D eigenvalue weighted by molar-refractivity contribution is 0.174. The van der Waals surface area contributed by atoms with Gasteiger partial charge in [0.15, 0.2) is 16.6 Å². The normalized spacial score (nSPS) is 12.4. The maximum atomic E-state index is 5.67. The van der Waals surface area contributed by atoms with Gasteiger partial charge in [-0.3, -0.25) is 0 Å². The fourth-order valence-electron chi connectivity index (χ4n) is 2.54. The van der Waals surface area contributed by atoms with Crippen molar-refractivity contribution < 1.29 is 14.2 Å². The summed E-state index contributed by atoms with van der Waals surface area (Å²) >= 11 is 1.56. The quantitative estimate of drug-likeness (QED) is 0.693. The van der Waals surface area contributed by atoms with Crippen molar-refractivity contribution in [2.24, 2.45) is 0 Å². The molecular formula is C19H18N2O3S. The molecule has 3 aromatic rings. The maximum Gasteiger partial charge on any atom is 0.231 e. The van der Waals surface area contributed by atoms with Gasteiger partial charge in [-0.1, -0.05) is 0 Å². The molecule has 0 spiro atoms. The van der Waals surface area contributed by atoms with Crippen LogP contribution in [0.25, 0.3) is 11.3 Å². The predicted octanol–water partition coefficient (Wildman–Crippen LogP) is 5.07. The van der Waals surface area contributed by atoms with Crippen molar-refractivity contribution >= 4 is 22.2 Å². The topological polar surface area (TPSA) is 52.6 Å². The number of thiazole rings is 1. The molecule has 0 unspecified atom stereocenters. The molecule has 0 radical (unpaired) electrons. The summed E-state index contributed by atoms with van der Waals surface area (Å²) in [6, 6.07) is 13.8. The molecular weight excluding hydrogens is 336 g/mol. The maximum absolute atomic E-state index is 5.67. The Morgan fingerprint density at radius 3 is 2.68 bits per heavy atom. The SMILES string of the molecule is CC(C)Oc1ccc(-c2csc(Nc3ccc4c(c3)OCO4)n2)cc1. The summed E-state index contributed by atoms with van der Waals surface area (Å²) in [5, 5.41) is 6.17. The lowest BCUT2D eigenvalue weighted by atomic mass is 10.2. The van der Waals surface area contributed by atoms with Gasteiger partial charge in [-0.05, 0) is 50.2 Å². The molecule has 0 atom stereocenters. The fraction of sp³-hybridized carbons (Fsp3) is 0.211. The molecule has 2 aromatic carbocycles. The van der Waals surface area contributed by atoms with Crippen molar-refractivity contribution in [2.75, 3.05) is 12.1 Å². The van der Waals surface area contributed by atoms with E-state index in [1.165, 1.54) is 0 Å². The van der Waals surface area contributed by atoms with Crippen LogP contribution in [0.15, 0.2) is 47.8 Å². The molecule has 128 valence electrons.